The average molecular weight is 703 g/mol. The van der Waals surface area contributed by atoms with Gasteiger partial charge in [-0.05, 0) is 85.2 Å². The number of amides is 3. The van der Waals surface area contributed by atoms with Gasteiger partial charge >= 0.3 is 4.87 Å². The van der Waals surface area contributed by atoms with Gasteiger partial charge in [-0.2, -0.15) is 0 Å². The van der Waals surface area contributed by atoms with Crippen LogP contribution >= 0.6 is 23.1 Å². The molecule has 14 heteroatoms. The van der Waals surface area contributed by atoms with Crippen molar-refractivity contribution in [2.24, 2.45) is 34.7 Å². The lowest BCUT2D eigenvalue weighted by atomic mass is 9.68. The molecule has 2 bridgehead atoms. The smallest absolute Gasteiger partial charge is 0.305 e. The van der Waals surface area contributed by atoms with Crippen LogP contribution < -0.4 is 25.0 Å². The first-order valence-corrected chi connectivity index (χ1v) is 18.7. The van der Waals surface area contributed by atoms with Gasteiger partial charge in [0, 0.05) is 21.7 Å². The molecule has 0 spiro atoms. The molecular formula is C34H30N4O7S3. The fourth-order valence-electron chi connectivity index (χ4n) is 8.21. The van der Waals surface area contributed by atoms with Crippen molar-refractivity contribution >= 4 is 62.2 Å². The maximum Gasteiger partial charge on any atom is 0.305 e. The average Bonchev–Trinajstić information content (AvgIpc) is 3.79. The Bertz CT molecular complexity index is 2150. The number of thiazole rings is 1. The zero-order valence-corrected chi connectivity index (χ0v) is 27.9. The molecule has 3 aromatic carbocycles. The van der Waals surface area contributed by atoms with E-state index in [9.17, 15) is 27.6 Å². The zero-order valence-electron chi connectivity index (χ0n) is 25.5. The summed E-state index contributed by atoms with van der Waals surface area (Å²) in [5.74, 6) is -1.24. The predicted octanol–water partition coefficient (Wildman–Crippen LogP) is 4.09. The number of ether oxygens (including phenoxy) is 1. The summed E-state index contributed by atoms with van der Waals surface area (Å²) in [5, 5.41) is 8.68. The molecule has 246 valence electrons. The second kappa shape index (κ2) is 11.4. The fraction of sp³-hybridized carbons (Fsp3) is 0.294. The molecule has 2 aliphatic heterocycles. The van der Waals surface area contributed by atoms with Crippen molar-refractivity contribution in [3.63, 3.8) is 0 Å². The van der Waals surface area contributed by atoms with E-state index < -0.39 is 21.8 Å². The number of imide groups is 1. The number of rotatable bonds is 7. The van der Waals surface area contributed by atoms with Crippen LogP contribution in [0.4, 0.5) is 11.4 Å². The number of carbonyl (C=O) groups excluding carboxylic acids is 3. The SMILES string of the molecule is Cc1ccc(N2C(=O)C3C4CC(C3C2=O)C2C4Sc3[nH]c(=O)sc3[C@@H]2c2cccc(OCC(=O)Nc3ccc(S(N)(=O)=O)cc3)c2)cc1. The normalized spacial score (nSPS) is 27.0. The number of anilines is 2. The number of thioether (sulfide) groups is 1. The molecule has 1 aromatic heterocycles. The van der Waals surface area contributed by atoms with Crippen molar-refractivity contribution < 1.29 is 27.5 Å². The monoisotopic (exact) mass is 702 g/mol. The number of nitrogens with one attached hydrogen (secondary N) is 2. The van der Waals surface area contributed by atoms with Crippen LogP contribution in [-0.4, -0.2) is 43.0 Å². The molecule has 3 fully saturated rings. The fourth-order valence-corrected chi connectivity index (χ4v) is 11.6. The van der Waals surface area contributed by atoms with Crippen LogP contribution in [0.3, 0.4) is 0 Å². The van der Waals surface area contributed by atoms with Gasteiger partial charge in [0.1, 0.15) is 5.75 Å². The van der Waals surface area contributed by atoms with Crippen LogP contribution in [0, 0.1) is 36.5 Å². The van der Waals surface area contributed by atoms with Crippen LogP contribution in [0.25, 0.3) is 0 Å². The van der Waals surface area contributed by atoms with Crippen LogP contribution in [0.5, 0.6) is 5.75 Å². The number of benzene rings is 3. The number of carbonyl (C=O) groups is 3. The Balaban J connectivity index is 1.05. The van der Waals surface area contributed by atoms with E-state index in [4.69, 9.17) is 9.88 Å². The third-order valence-corrected chi connectivity index (χ3v) is 13.6. The standard InChI is InChI=1S/C34H30N4O7S3/c1-16-5-9-19(10-6-16)38-32(40)27-22-14-23(28(27)33(38)41)29-26(22)25(30-31(46-29)37-34(42)47-30)17-3-2-4-20(13-17)45-15-24(39)36-18-7-11-21(12-8-18)48(35,43)44/h2-13,22-23,25-29H,14-15H2,1H3,(H,36,39)(H,37,42)(H2,35,43,44)/t22?,23?,25-,26?,27?,28?,29?/m1/s1. The number of hydrogen-bond acceptors (Lipinski definition) is 9. The summed E-state index contributed by atoms with van der Waals surface area (Å²) < 4.78 is 28.9. The number of fused-ring (bicyclic) bond motifs is 9. The summed E-state index contributed by atoms with van der Waals surface area (Å²) >= 11 is 2.81. The molecule has 4 aromatic rings. The lowest BCUT2D eigenvalue weighted by Crippen LogP contribution is -2.42. The van der Waals surface area contributed by atoms with Gasteiger partial charge in [0.05, 0.1) is 27.4 Å². The van der Waals surface area contributed by atoms with E-state index in [0.29, 0.717) is 17.1 Å². The molecular weight excluding hydrogens is 673 g/mol. The molecule has 11 nitrogen and oxygen atoms in total. The predicted molar refractivity (Wildman–Crippen MR) is 181 cm³/mol. The van der Waals surface area contributed by atoms with Gasteiger partial charge < -0.3 is 15.0 Å². The van der Waals surface area contributed by atoms with Crippen molar-refractivity contribution in [3.8, 4) is 5.75 Å². The van der Waals surface area contributed by atoms with Gasteiger partial charge in [-0.25, -0.2) is 13.6 Å². The summed E-state index contributed by atoms with van der Waals surface area (Å²) in [7, 11) is -3.85. The van der Waals surface area contributed by atoms with Crippen molar-refractivity contribution in [3.05, 3.63) is 98.5 Å². The quantitative estimate of drug-likeness (QED) is 0.242. The Kier molecular flexibility index (Phi) is 7.40. The van der Waals surface area contributed by atoms with E-state index in [1.54, 1.807) is 17.8 Å². The number of primary sulfonamides is 1. The molecule has 2 aliphatic carbocycles. The van der Waals surface area contributed by atoms with Crippen molar-refractivity contribution in [1.29, 1.82) is 0 Å². The molecule has 1 saturated heterocycles. The van der Waals surface area contributed by atoms with Gasteiger partial charge in [-0.1, -0.05) is 41.2 Å². The van der Waals surface area contributed by atoms with E-state index in [1.807, 2.05) is 49.4 Å². The Morgan fingerprint density at radius 2 is 1.71 bits per heavy atom. The molecule has 6 unspecified atom stereocenters. The van der Waals surface area contributed by atoms with E-state index in [-0.39, 0.29) is 63.0 Å². The highest BCUT2D eigenvalue weighted by atomic mass is 32.2. The largest absolute Gasteiger partial charge is 0.484 e. The lowest BCUT2D eigenvalue weighted by molar-refractivity contribution is -0.123. The van der Waals surface area contributed by atoms with E-state index in [0.717, 1.165) is 27.5 Å². The first kappa shape index (κ1) is 31.1. The number of sulfonamides is 1. The lowest BCUT2D eigenvalue weighted by Gasteiger charge is -2.43. The Morgan fingerprint density at radius 1 is 1.00 bits per heavy atom. The third-order valence-electron chi connectivity index (χ3n) is 10.1. The van der Waals surface area contributed by atoms with E-state index in [1.165, 1.54) is 40.5 Å². The molecule has 2 saturated carbocycles. The molecule has 4 N–H and O–H groups in total. The molecule has 3 heterocycles. The second-order valence-corrected chi connectivity index (χ2v) is 16.6. The number of aromatic nitrogens is 1. The number of hydrogen-bond donors (Lipinski definition) is 3. The Morgan fingerprint density at radius 3 is 2.42 bits per heavy atom. The van der Waals surface area contributed by atoms with Gasteiger partial charge in [0.15, 0.2) is 6.61 Å². The van der Waals surface area contributed by atoms with Gasteiger partial charge in [0.25, 0.3) is 5.91 Å². The summed E-state index contributed by atoms with van der Waals surface area (Å²) in [6.45, 7) is 1.67. The molecule has 7 atom stereocenters. The number of nitrogens with zero attached hydrogens (tertiary/aromatic N) is 1. The van der Waals surface area contributed by atoms with E-state index in [2.05, 4.69) is 10.3 Å². The summed E-state index contributed by atoms with van der Waals surface area (Å²) in [6.07, 6.45) is 0.779. The highest BCUT2D eigenvalue weighted by Gasteiger charge is 2.69. The number of nitrogens with two attached hydrogens (primary N) is 1. The number of aromatic amines is 1. The van der Waals surface area contributed by atoms with Gasteiger partial charge in [0.2, 0.25) is 21.8 Å². The third kappa shape index (κ3) is 5.09. The van der Waals surface area contributed by atoms with Crippen LogP contribution in [0.2, 0.25) is 0 Å². The summed E-state index contributed by atoms with van der Waals surface area (Å²) in [6, 6.07) is 20.4. The Labute approximate surface area is 283 Å². The molecule has 4 aliphatic rings. The van der Waals surface area contributed by atoms with Crippen LogP contribution in [-0.2, 0) is 24.4 Å². The highest BCUT2D eigenvalue weighted by molar-refractivity contribution is 8.00. The molecule has 3 amide bonds. The van der Waals surface area contributed by atoms with Crippen molar-refractivity contribution in [1.82, 2.24) is 4.98 Å². The zero-order chi connectivity index (χ0) is 33.5. The molecule has 48 heavy (non-hydrogen) atoms. The van der Waals surface area contributed by atoms with Crippen molar-refractivity contribution in [2.45, 2.75) is 34.4 Å². The maximum absolute atomic E-state index is 14.0. The Hall–Kier alpha value is -4.24. The minimum atomic E-state index is -3.85. The molecule has 8 rings (SSSR count). The summed E-state index contributed by atoms with van der Waals surface area (Å²) in [5.41, 5.74) is 2.96. The van der Waals surface area contributed by atoms with E-state index >= 15 is 0 Å². The minimum absolute atomic E-state index is 0.00287. The topological polar surface area (TPSA) is 169 Å². The maximum atomic E-state index is 14.0. The summed E-state index contributed by atoms with van der Waals surface area (Å²) in [4.78, 5) is 58.3. The highest BCUT2D eigenvalue weighted by Crippen LogP contribution is 2.68. The molecule has 0 radical (unpaired) electrons. The number of aryl methyl sites for hydroxylation is 1. The van der Waals surface area contributed by atoms with Crippen molar-refractivity contribution in [2.75, 3.05) is 16.8 Å². The minimum Gasteiger partial charge on any atom is -0.484 e. The van der Waals surface area contributed by atoms with Gasteiger partial charge in [-0.15, -0.1) is 11.8 Å². The van der Waals surface area contributed by atoms with Crippen LogP contribution in [0.1, 0.15) is 28.3 Å². The van der Waals surface area contributed by atoms with Gasteiger partial charge in [-0.3, -0.25) is 24.1 Å². The van der Waals surface area contributed by atoms with Crippen LogP contribution in [0.15, 0.2) is 87.5 Å². The number of H-pyrrole nitrogens is 1. The first-order chi connectivity index (χ1) is 23.0. The first-order valence-electron chi connectivity index (χ1n) is 15.5. The second-order valence-electron chi connectivity index (χ2n) is 12.8.